The van der Waals surface area contributed by atoms with Gasteiger partial charge in [-0.05, 0) is 70.0 Å². The summed E-state index contributed by atoms with van der Waals surface area (Å²) < 4.78 is 0. The molecule has 0 unspecified atom stereocenters. The van der Waals surface area contributed by atoms with Crippen LogP contribution in [0.15, 0.2) is 42.5 Å². The van der Waals surface area contributed by atoms with Crippen molar-refractivity contribution in [3.63, 3.8) is 0 Å². The molecule has 0 aromatic heterocycles. The van der Waals surface area contributed by atoms with E-state index < -0.39 is 0 Å². The average Bonchev–Trinajstić information content (AvgIpc) is 2.53. The number of aliphatic hydroxyl groups is 1. The molecule has 0 saturated carbocycles. The number of hydrogen-bond donors (Lipinski definition) is 1. The minimum absolute atomic E-state index is 0.123. The smallest absolute Gasteiger partial charge is 0.0688 e. The minimum Gasteiger partial charge on any atom is -0.392 e. The molecule has 0 heterocycles. The summed E-state index contributed by atoms with van der Waals surface area (Å²) in [4.78, 5) is 0. The molecular formula is C19H18O. The average molecular weight is 262 g/mol. The van der Waals surface area contributed by atoms with Gasteiger partial charge < -0.3 is 5.11 Å². The second-order valence-electron chi connectivity index (χ2n) is 5.75. The summed E-state index contributed by atoms with van der Waals surface area (Å²) >= 11 is 0. The highest BCUT2D eigenvalue weighted by Crippen LogP contribution is 2.35. The predicted octanol–water partition coefficient (Wildman–Crippen LogP) is 4.36. The molecule has 1 heteroatoms. The molecule has 3 aromatic carbocycles. The van der Waals surface area contributed by atoms with Crippen LogP contribution in [0.3, 0.4) is 0 Å². The van der Waals surface area contributed by atoms with Crippen molar-refractivity contribution in [2.75, 3.05) is 0 Å². The number of rotatable bonds is 1. The van der Waals surface area contributed by atoms with E-state index in [0.29, 0.717) is 0 Å². The molecule has 1 N–H and O–H groups in total. The maximum absolute atomic E-state index is 9.80. The largest absolute Gasteiger partial charge is 0.392 e. The van der Waals surface area contributed by atoms with Gasteiger partial charge in [-0.25, -0.2) is 0 Å². The van der Waals surface area contributed by atoms with Crippen LogP contribution in [0.1, 0.15) is 29.5 Å². The molecule has 1 nitrogen and oxygen atoms in total. The molecule has 1 aliphatic rings. The number of hydrogen-bond acceptors (Lipinski definition) is 1. The van der Waals surface area contributed by atoms with Gasteiger partial charge in [-0.3, -0.25) is 0 Å². The second-order valence-corrected chi connectivity index (χ2v) is 5.75. The number of aryl methyl sites for hydroxylation is 2. The quantitative estimate of drug-likeness (QED) is 0.646. The highest BCUT2D eigenvalue weighted by atomic mass is 16.3. The fourth-order valence-electron chi connectivity index (χ4n) is 3.67. The first kappa shape index (κ1) is 11.9. The van der Waals surface area contributed by atoms with Gasteiger partial charge in [0.25, 0.3) is 0 Å². The van der Waals surface area contributed by atoms with Crippen LogP contribution in [-0.4, -0.2) is 5.11 Å². The lowest BCUT2D eigenvalue weighted by Crippen LogP contribution is -2.05. The Labute approximate surface area is 118 Å². The van der Waals surface area contributed by atoms with Crippen molar-refractivity contribution in [2.45, 2.75) is 32.3 Å². The molecule has 3 aromatic rings. The number of aliphatic hydroxyl groups excluding tert-OH is 1. The highest BCUT2D eigenvalue weighted by molar-refractivity contribution is 6.10. The van der Waals surface area contributed by atoms with Gasteiger partial charge in [0.05, 0.1) is 6.61 Å². The summed E-state index contributed by atoms with van der Waals surface area (Å²) in [6, 6.07) is 15.2. The van der Waals surface area contributed by atoms with Gasteiger partial charge in [0.1, 0.15) is 0 Å². The molecular weight excluding hydrogens is 244 g/mol. The monoisotopic (exact) mass is 262 g/mol. The van der Waals surface area contributed by atoms with Gasteiger partial charge in [-0.2, -0.15) is 0 Å². The van der Waals surface area contributed by atoms with Crippen LogP contribution in [0.2, 0.25) is 0 Å². The topological polar surface area (TPSA) is 20.2 Å². The van der Waals surface area contributed by atoms with Crippen molar-refractivity contribution in [1.82, 2.24) is 0 Å². The summed E-state index contributed by atoms with van der Waals surface area (Å²) in [7, 11) is 0. The Morgan fingerprint density at radius 2 is 1.75 bits per heavy atom. The molecule has 0 fully saturated rings. The fraction of sp³-hybridized carbons (Fsp3) is 0.263. The van der Waals surface area contributed by atoms with E-state index in [1.165, 1.54) is 51.9 Å². The van der Waals surface area contributed by atoms with Gasteiger partial charge in [0.15, 0.2) is 0 Å². The molecule has 0 atom stereocenters. The van der Waals surface area contributed by atoms with Gasteiger partial charge in [-0.1, -0.05) is 36.4 Å². The molecule has 0 spiro atoms. The summed E-state index contributed by atoms with van der Waals surface area (Å²) in [6.07, 6.45) is 4.89. The van der Waals surface area contributed by atoms with Gasteiger partial charge in [0, 0.05) is 0 Å². The molecule has 20 heavy (non-hydrogen) atoms. The Balaban J connectivity index is 2.19. The van der Waals surface area contributed by atoms with Crippen LogP contribution in [-0.2, 0) is 19.4 Å². The first-order chi connectivity index (χ1) is 9.88. The maximum Gasteiger partial charge on any atom is 0.0688 e. The molecule has 1 aliphatic carbocycles. The SMILES string of the molecule is OCc1cc2ccccc2c2ccc3c(c12)CCCC3. The van der Waals surface area contributed by atoms with E-state index in [1.54, 1.807) is 0 Å². The standard InChI is InChI=1S/C19H18O/c20-12-15-11-14-6-2-3-7-16(14)18-10-9-13-5-1-4-8-17(13)19(15)18/h2-3,6-7,9-11,20H,1,4-5,8,12H2. The fourth-order valence-corrected chi connectivity index (χ4v) is 3.67. The van der Waals surface area contributed by atoms with Crippen LogP contribution in [0.4, 0.5) is 0 Å². The Bertz CT molecular complexity index is 802. The normalized spacial score (nSPS) is 14.7. The summed E-state index contributed by atoms with van der Waals surface area (Å²) in [5.41, 5.74) is 4.04. The Kier molecular flexibility index (Phi) is 2.75. The number of benzene rings is 3. The van der Waals surface area contributed by atoms with Crippen LogP contribution < -0.4 is 0 Å². The van der Waals surface area contributed by atoms with Crippen molar-refractivity contribution in [2.24, 2.45) is 0 Å². The zero-order valence-electron chi connectivity index (χ0n) is 11.5. The lowest BCUT2D eigenvalue weighted by molar-refractivity contribution is 0.283. The molecule has 4 rings (SSSR count). The van der Waals surface area contributed by atoms with E-state index in [-0.39, 0.29) is 6.61 Å². The first-order valence-electron chi connectivity index (χ1n) is 7.44. The minimum atomic E-state index is 0.123. The summed E-state index contributed by atoms with van der Waals surface area (Å²) in [6.45, 7) is 0.123. The van der Waals surface area contributed by atoms with E-state index in [4.69, 9.17) is 0 Å². The second kappa shape index (κ2) is 4.60. The molecule has 0 bridgehead atoms. The van der Waals surface area contributed by atoms with Crippen molar-refractivity contribution in [1.29, 1.82) is 0 Å². The molecule has 100 valence electrons. The van der Waals surface area contributed by atoms with Crippen molar-refractivity contribution in [3.05, 3.63) is 59.2 Å². The van der Waals surface area contributed by atoms with E-state index in [1.807, 2.05) is 0 Å². The van der Waals surface area contributed by atoms with Crippen LogP contribution >= 0.6 is 0 Å². The third-order valence-corrected chi connectivity index (χ3v) is 4.60. The Morgan fingerprint density at radius 3 is 2.65 bits per heavy atom. The van der Waals surface area contributed by atoms with Crippen LogP contribution in [0, 0.1) is 0 Å². The van der Waals surface area contributed by atoms with Gasteiger partial charge in [-0.15, -0.1) is 0 Å². The van der Waals surface area contributed by atoms with E-state index in [2.05, 4.69) is 42.5 Å². The molecule has 0 aliphatic heterocycles. The van der Waals surface area contributed by atoms with Crippen LogP contribution in [0.5, 0.6) is 0 Å². The molecule has 0 amide bonds. The summed E-state index contributed by atoms with van der Waals surface area (Å²) in [5, 5.41) is 14.9. The first-order valence-corrected chi connectivity index (χ1v) is 7.44. The Hall–Kier alpha value is -1.86. The van der Waals surface area contributed by atoms with Gasteiger partial charge >= 0.3 is 0 Å². The molecule has 0 radical (unpaired) electrons. The number of fused-ring (bicyclic) bond motifs is 5. The maximum atomic E-state index is 9.80. The highest BCUT2D eigenvalue weighted by Gasteiger charge is 2.16. The Morgan fingerprint density at radius 1 is 0.900 bits per heavy atom. The lowest BCUT2D eigenvalue weighted by Gasteiger charge is -2.20. The van der Waals surface area contributed by atoms with Crippen LogP contribution in [0.25, 0.3) is 21.5 Å². The molecule has 0 saturated heterocycles. The van der Waals surface area contributed by atoms with Gasteiger partial charge in [0.2, 0.25) is 0 Å². The van der Waals surface area contributed by atoms with Crippen molar-refractivity contribution < 1.29 is 5.11 Å². The summed E-state index contributed by atoms with van der Waals surface area (Å²) in [5.74, 6) is 0. The predicted molar refractivity (Wildman–Crippen MR) is 84.0 cm³/mol. The van der Waals surface area contributed by atoms with Crippen molar-refractivity contribution in [3.8, 4) is 0 Å². The van der Waals surface area contributed by atoms with Crippen molar-refractivity contribution >= 4 is 21.5 Å². The van der Waals surface area contributed by atoms with E-state index in [0.717, 1.165) is 12.0 Å². The zero-order valence-corrected chi connectivity index (χ0v) is 11.5. The zero-order chi connectivity index (χ0) is 13.5. The van der Waals surface area contributed by atoms with E-state index >= 15 is 0 Å². The third-order valence-electron chi connectivity index (χ3n) is 4.60. The van der Waals surface area contributed by atoms with E-state index in [9.17, 15) is 5.11 Å². The third kappa shape index (κ3) is 1.66. The lowest BCUT2D eigenvalue weighted by atomic mass is 9.84.